The van der Waals surface area contributed by atoms with Crippen LogP contribution in [0.25, 0.3) is 11.1 Å². The van der Waals surface area contributed by atoms with E-state index in [0.29, 0.717) is 18.1 Å². The minimum Gasteiger partial charge on any atom is -0.457 e. The van der Waals surface area contributed by atoms with Crippen LogP contribution < -0.4 is 9.47 Å². The number of halogens is 5. The Morgan fingerprint density at radius 2 is 1.39 bits per heavy atom. The molecule has 192 valence electrons. The average molecular weight is 505 g/mol. The van der Waals surface area contributed by atoms with Gasteiger partial charge in [-0.15, -0.1) is 0 Å². The number of alkyl halides is 3. The number of rotatable bonds is 9. The predicted octanol–water partition coefficient (Wildman–Crippen LogP) is 9.14. The van der Waals surface area contributed by atoms with Gasteiger partial charge in [-0.3, -0.25) is 0 Å². The molecule has 7 heteroatoms. The Kier molecular flexibility index (Phi) is 8.17. The summed E-state index contributed by atoms with van der Waals surface area (Å²) < 4.78 is 78.0. The van der Waals surface area contributed by atoms with Crippen molar-refractivity contribution >= 4 is 0 Å². The Morgan fingerprint density at radius 1 is 0.833 bits per heavy atom. The summed E-state index contributed by atoms with van der Waals surface area (Å²) in [6.45, 7) is 0.776. The van der Waals surface area contributed by atoms with Gasteiger partial charge in [0.1, 0.15) is 5.75 Å². The van der Waals surface area contributed by atoms with E-state index in [1.165, 1.54) is 56.2 Å². The number of hydrogen-bond donors (Lipinski definition) is 0. The molecule has 1 saturated carbocycles. The molecule has 1 aliphatic carbocycles. The third kappa shape index (κ3) is 6.00. The lowest BCUT2D eigenvalue weighted by atomic mass is 9.77. The molecular weight excluding hydrogens is 475 g/mol. The highest BCUT2D eigenvalue weighted by atomic mass is 19.3. The van der Waals surface area contributed by atoms with E-state index in [9.17, 15) is 22.0 Å². The highest BCUT2D eigenvalue weighted by Crippen LogP contribution is 2.39. The van der Waals surface area contributed by atoms with E-state index in [0.717, 1.165) is 17.0 Å². The van der Waals surface area contributed by atoms with Crippen LogP contribution in [-0.2, 0) is 6.11 Å². The Balaban J connectivity index is 1.42. The van der Waals surface area contributed by atoms with Crippen LogP contribution in [0, 0.1) is 17.6 Å². The van der Waals surface area contributed by atoms with E-state index in [1.807, 2.05) is 12.1 Å². The maximum Gasteiger partial charge on any atom is 0.426 e. The first-order valence-corrected chi connectivity index (χ1v) is 12.3. The summed E-state index contributed by atoms with van der Waals surface area (Å²) in [5.74, 6) is -3.01. The van der Waals surface area contributed by atoms with E-state index < -0.39 is 41.7 Å². The first kappa shape index (κ1) is 26.0. The summed E-state index contributed by atoms with van der Waals surface area (Å²) in [7, 11) is 0. The lowest BCUT2D eigenvalue weighted by molar-refractivity contribution is -0.185. The van der Waals surface area contributed by atoms with Gasteiger partial charge >= 0.3 is 6.11 Å². The molecule has 0 unspecified atom stereocenters. The fourth-order valence-corrected chi connectivity index (χ4v) is 4.99. The normalized spacial score (nSPS) is 18.2. The van der Waals surface area contributed by atoms with Gasteiger partial charge in [-0.05, 0) is 66.3 Å². The van der Waals surface area contributed by atoms with Gasteiger partial charge in [0.25, 0.3) is 0 Å². The van der Waals surface area contributed by atoms with Crippen LogP contribution >= 0.6 is 0 Å². The number of benzene rings is 3. The molecule has 1 aliphatic rings. The van der Waals surface area contributed by atoms with Gasteiger partial charge < -0.3 is 9.47 Å². The summed E-state index contributed by atoms with van der Waals surface area (Å²) in [4.78, 5) is 0. The van der Waals surface area contributed by atoms with Gasteiger partial charge in [0, 0.05) is 12.1 Å². The topological polar surface area (TPSA) is 18.5 Å². The lowest BCUT2D eigenvalue weighted by Gasteiger charge is -2.28. The van der Waals surface area contributed by atoms with E-state index in [1.54, 1.807) is 12.1 Å². The monoisotopic (exact) mass is 504 g/mol. The zero-order chi connectivity index (χ0) is 25.7. The maximum absolute atomic E-state index is 14.7. The molecule has 36 heavy (non-hydrogen) atoms. The minimum atomic E-state index is -3.85. The molecule has 0 spiro atoms. The average Bonchev–Trinajstić information content (AvgIpc) is 2.87. The van der Waals surface area contributed by atoms with Crippen molar-refractivity contribution in [2.24, 2.45) is 5.92 Å². The van der Waals surface area contributed by atoms with Gasteiger partial charge in [0.2, 0.25) is 6.86 Å². The Morgan fingerprint density at radius 3 is 1.92 bits per heavy atom. The first-order chi connectivity index (χ1) is 17.3. The van der Waals surface area contributed by atoms with E-state index >= 15 is 0 Å². The summed E-state index contributed by atoms with van der Waals surface area (Å²) in [6, 6.07) is 14.8. The minimum absolute atomic E-state index is 0.475. The van der Waals surface area contributed by atoms with Crippen molar-refractivity contribution in [1.29, 1.82) is 0 Å². The molecule has 0 atom stereocenters. The molecule has 2 nitrogen and oxygen atoms in total. The van der Waals surface area contributed by atoms with E-state index in [2.05, 4.69) is 28.5 Å². The van der Waals surface area contributed by atoms with Crippen molar-refractivity contribution in [2.75, 3.05) is 6.86 Å². The van der Waals surface area contributed by atoms with Crippen LogP contribution in [0.15, 0.2) is 60.7 Å². The third-order valence-corrected chi connectivity index (χ3v) is 6.90. The Labute approximate surface area is 208 Å². The highest BCUT2D eigenvalue weighted by Gasteiger charge is 2.35. The van der Waals surface area contributed by atoms with Crippen molar-refractivity contribution in [1.82, 2.24) is 0 Å². The second-order valence-electron chi connectivity index (χ2n) is 9.29. The van der Waals surface area contributed by atoms with Crippen LogP contribution in [0.4, 0.5) is 22.0 Å². The summed E-state index contributed by atoms with van der Waals surface area (Å²) in [5, 5.41) is 0. The van der Waals surface area contributed by atoms with Crippen molar-refractivity contribution in [2.45, 2.75) is 57.5 Å². The molecule has 0 N–H and O–H groups in total. The fraction of sp³-hybridized carbons (Fsp3) is 0.379. The van der Waals surface area contributed by atoms with Crippen molar-refractivity contribution in [3.8, 4) is 22.6 Å². The summed E-state index contributed by atoms with van der Waals surface area (Å²) in [6.07, 6.45) is 3.64. The molecule has 1 fully saturated rings. The predicted molar refractivity (Wildman–Crippen MR) is 129 cm³/mol. The molecule has 0 saturated heterocycles. The molecule has 0 aromatic heterocycles. The molecular formula is C29H29F5O2. The first-order valence-electron chi connectivity index (χ1n) is 12.3. The van der Waals surface area contributed by atoms with Crippen molar-refractivity contribution in [3.05, 3.63) is 83.4 Å². The van der Waals surface area contributed by atoms with E-state index in [-0.39, 0.29) is 0 Å². The van der Waals surface area contributed by atoms with Crippen molar-refractivity contribution < 1.29 is 31.4 Å². The highest BCUT2D eigenvalue weighted by molar-refractivity contribution is 5.64. The standard InChI is InChI=1S/C29H29F5O2/c1-2-3-19-4-6-20(7-5-19)21-8-10-22(11-9-21)23-12-14-24(15-13-23)29(33,34)36-25-16-26(31)28(35-18-30)27(32)17-25/h8-17,19-20H,2-7,18H2,1H3. The second-order valence-corrected chi connectivity index (χ2v) is 9.29. The van der Waals surface area contributed by atoms with Gasteiger partial charge in [-0.1, -0.05) is 56.2 Å². The second kappa shape index (κ2) is 11.3. The zero-order valence-electron chi connectivity index (χ0n) is 20.1. The largest absolute Gasteiger partial charge is 0.457 e. The molecule has 0 amide bonds. The van der Waals surface area contributed by atoms with Gasteiger partial charge in [0.05, 0.1) is 5.56 Å². The van der Waals surface area contributed by atoms with Crippen LogP contribution in [0.5, 0.6) is 11.5 Å². The smallest absolute Gasteiger partial charge is 0.426 e. The van der Waals surface area contributed by atoms with Crippen LogP contribution in [0.2, 0.25) is 0 Å². The molecule has 0 radical (unpaired) electrons. The van der Waals surface area contributed by atoms with Gasteiger partial charge in [-0.25, -0.2) is 13.2 Å². The molecule has 3 aromatic rings. The number of ether oxygens (including phenoxy) is 2. The quantitative estimate of drug-likeness (QED) is 0.271. The van der Waals surface area contributed by atoms with Gasteiger partial charge in [0.15, 0.2) is 17.4 Å². The Bertz CT molecular complexity index is 1110. The maximum atomic E-state index is 14.7. The Hall–Kier alpha value is -3.09. The number of hydrogen-bond acceptors (Lipinski definition) is 2. The van der Waals surface area contributed by atoms with Crippen LogP contribution in [0.3, 0.4) is 0 Å². The SMILES string of the molecule is CCCC1CCC(c2ccc(-c3ccc(C(F)(F)Oc4cc(F)c(OCF)c(F)c4)cc3)cc2)CC1. The van der Waals surface area contributed by atoms with Gasteiger partial charge in [-0.2, -0.15) is 8.78 Å². The fourth-order valence-electron chi connectivity index (χ4n) is 4.99. The summed E-state index contributed by atoms with van der Waals surface area (Å²) >= 11 is 0. The summed E-state index contributed by atoms with van der Waals surface area (Å²) in [5.41, 5.74) is 2.50. The molecule has 0 heterocycles. The van der Waals surface area contributed by atoms with E-state index in [4.69, 9.17) is 0 Å². The zero-order valence-corrected chi connectivity index (χ0v) is 20.1. The lowest BCUT2D eigenvalue weighted by Crippen LogP contribution is -2.22. The van der Waals surface area contributed by atoms with Crippen molar-refractivity contribution in [3.63, 3.8) is 0 Å². The molecule has 0 bridgehead atoms. The van der Waals surface area contributed by atoms with Crippen LogP contribution in [0.1, 0.15) is 62.5 Å². The molecule has 4 rings (SSSR count). The third-order valence-electron chi connectivity index (χ3n) is 6.90. The molecule has 3 aromatic carbocycles. The molecule has 0 aliphatic heterocycles. The van der Waals surface area contributed by atoms with Crippen LogP contribution in [-0.4, -0.2) is 6.86 Å².